The van der Waals surface area contributed by atoms with Gasteiger partial charge in [-0.25, -0.2) is 4.98 Å². The van der Waals surface area contributed by atoms with Crippen molar-refractivity contribution in [3.05, 3.63) is 53.6 Å². The molecule has 0 spiro atoms. The average molecular weight is 364 g/mol. The van der Waals surface area contributed by atoms with Gasteiger partial charge in [0, 0.05) is 23.6 Å². The highest BCUT2D eigenvalue weighted by Gasteiger charge is 2.28. The minimum absolute atomic E-state index is 0.107. The normalized spacial score (nSPS) is 12.8. The van der Waals surface area contributed by atoms with Gasteiger partial charge < -0.3 is 14.2 Å². The van der Waals surface area contributed by atoms with Gasteiger partial charge in [-0.15, -0.1) is 0 Å². The summed E-state index contributed by atoms with van der Waals surface area (Å²) in [5.41, 5.74) is 2.41. The number of hydrogen-bond acceptors (Lipinski definition) is 5. The highest BCUT2D eigenvalue weighted by molar-refractivity contribution is 6.07. The molecule has 6 heteroatoms. The van der Waals surface area contributed by atoms with Crippen molar-refractivity contribution < 1.29 is 19.0 Å². The van der Waals surface area contributed by atoms with Crippen LogP contribution in [-0.2, 0) is 6.42 Å². The van der Waals surface area contributed by atoms with Crippen LogP contribution in [0.15, 0.2) is 42.5 Å². The number of hydrogen-bond donors (Lipinski definition) is 0. The number of amides is 1. The number of carbonyl (C=O) groups excluding carboxylic acids is 1. The molecule has 138 valence electrons. The van der Waals surface area contributed by atoms with Crippen molar-refractivity contribution in [1.29, 1.82) is 0 Å². The number of nitrogens with zero attached hydrogens (tertiary/aromatic N) is 2. The van der Waals surface area contributed by atoms with E-state index in [0.29, 0.717) is 29.4 Å². The van der Waals surface area contributed by atoms with Crippen LogP contribution in [0.2, 0.25) is 0 Å². The molecule has 1 amide bonds. The van der Waals surface area contributed by atoms with Crippen LogP contribution >= 0.6 is 0 Å². The van der Waals surface area contributed by atoms with Gasteiger partial charge in [0.2, 0.25) is 0 Å². The first kappa shape index (κ1) is 17.1. The lowest BCUT2D eigenvalue weighted by Crippen LogP contribution is -2.29. The van der Waals surface area contributed by atoms with Crippen molar-refractivity contribution in [3.8, 4) is 17.2 Å². The van der Waals surface area contributed by atoms with Crippen LogP contribution in [0.5, 0.6) is 17.2 Å². The lowest BCUT2D eigenvalue weighted by Gasteiger charge is -2.18. The molecule has 0 saturated carbocycles. The molecule has 1 aliphatic rings. The molecule has 0 fully saturated rings. The largest absolute Gasteiger partial charge is 0.497 e. The average Bonchev–Trinajstić information content (AvgIpc) is 3.13. The Balaban J connectivity index is 1.73. The van der Waals surface area contributed by atoms with E-state index >= 15 is 0 Å². The monoisotopic (exact) mass is 364 g/mol. The second-order valence-electron chi connectivity index (χ2n) is 6.31. The maximum absolute atomic E-state index is 13.1. The predicted molar refractivity (Wildman–Crippen MR) is 103 cm³/mol. The number of rotatable bonds is 4. The molecule has 0 aliphatic carbocycles. The molecule has 1 aromatic heterocycles. The summed E-state index contributed by atoms with van der Waals surface area (Å²) in [4.78, 5) is 19.6. The molecule has 27 heavy (non-hydrogen) atoms. The molecular weight excluding hydrogens is 344 g/mol. The van der Waals surface area contributed by atoms with Gasteiger partial charge >= 0.3 is 0 Å². The summed E-state index contributed by atoms with van der Waals surface area (Å²) in [5, 5.41) is 1.04. The summed E-state index contributed by atoms with van der Waals surface area (Å²) in [5.74, 6) is 2.46. The minimum Gasteiger partial charge on any atom is -0.497 e. The van der Waals surface area contributed by atoms with Crippen LogP contribution in [0.25, 0.3) is 10.9 Å². The van der Waals surface area contributed by atoms with Crippen molar-refractivity contribution in [2.75, 3.05) is 32.8 Å². The Morgan fingerprint density at radius 3 is 2.52 bits per heavy atom. The van der Waals surface area contributed by atoms with Gasteiger partial charge in [0.25, 0.3) is 5.91 Å². The van der Waals surface area contributed by atoms with E-state index in [1.807, 2.05) is 18.2 Å². The van der Waals surface area contributed by atoms with Crippen LogP contribution < -0.4 is 19.1 Å². The summed E-state index contributed by atoms with van der Waals surface area (Å²) in [6.07, 6.45) is 0.781. The quantitative estimate of drug-likeness (QED) is 0.709. The summed E-state index contributed by atoms with van der Waals surface area (Å²) in [6, 6.07) is 13.1. The highest BCUT2D eigenvalue weighted by atomic mass is 16.5. The lowest BCUT2D eigenvalue weighted by atomic mass is 10.1. The molecule has 0 saturated heterocycles. The zero-order chi connectivity index (χ0) is 19.0. The first-order valence-electron chi connectivity index (χ1n) is 8.66. The zero-order valence-electron chi connectivity index (χ0n) is 15.5. The van der Waals surface area contributed by atoms with E-state index in [9.17, 15) is 4.79 Å². The molecule has 0 N–H and O–H groups in total. The van der Waals surface area contributed by atoms with Gasteiger partial charge in [-0.3, -0.25) is 9.69 Å². The van der Waals surface area contributed by atoms with Crippen molar-refractivity contribution in [2.24, 2.45) is 0 Å². The number of methoxy groups -OCH3 is 3. The standard InChI is InChI=1S/C21H20N2O4/c1-25-16-6-4-13-10-14-8-9-23(20(14)22-17(13)12-16)21(24)15-5-7-18(26-2)19(11-15)27-3/h4-7,10-12H,8-9H2,1-3H3. The Hall–Kier alpha value is -3.28. The Bertz CT molecular complexity index is 1030. The Labute approximate surface area is 157 Å². The fraction of sp³-hybridized carbons (Fsp3) is 0.238. The van der Waals surface area contributed by atoms with Gasteiger partial charge in [0.15, 0.2) is 11.5 Å². The minimum atomic E-state index is -0.107. The molecule has 2 heterocycles. The number of pyridine rings is 1. The van der Waals surface area contributed by atoms with E-state index in [2.05, 4.69) is 6.07 Å². The maximum Gasteiger partial charge on any atom is 0.259 e. The number of anilines is 1. The zero-order valence-corrected chi connectivity index (χ0v) is 15.5. The van der Waals surface area contributed by atoms with Crippen LogP contribution in [0, 0.1) is 0 Å². The molecule has 0 unspecified atom stereocenters. The third kappa shape index (κ3) is 2.93. The first-order valence-corrected chi connectivity index (χ1v) is 8.66. The fourth-order valence-corrected chi connectivity index (χ4v) is 3.39. The number of benzene rings is 2. The highest BCUT2D eigenvalue weighted by Crippen LogP contribution is 2.33. The number of aromatic nitrogens is 1. The first-order chi connectivity index (χ1) is 13.1. The van der Waals surface area contributed by atoms with Gasteiger partial charge in [-0.1, -0.05) is 0 Å². The Kier molecular flexibility index (Phi) is 4.32. The predicted octanol–water partition coefficient (Wildman–Crippen LogP) is 3.46. The van der Waals surface area contributed by atoms with Gasteiger partial charge in [0.1, 0.15) is 11.6 Å². The van der Waals surface area contributed by atoms with Crippen molar-refractivity contribution in [3.63, 3.8) is 0 Å². The van der Waals surface area contributed by atoms with Crippen molar-refractivity contribution in [1.82, 2.24) is 4.98 Å². The van der Waals surface area contributed by atoms with Crippen LogP contribution in [0.4, 0.5) is 5.82 Å². The molecule has 3 aromatic rings. The fourth-order valence-electron chi connectivity index (χ4n) is 3.39. The third-order valence-electron chi connectivity index (χ3n) is 4.82. The van der Waals surface area contributed by atoms with E-state index in [-0.39, 0.29) is 5.91 Å². The smallest absolute Gasteiger partial charge is 0.259 e. The summed E-state index contributed by atoms with van der Waals surface area (Å²) in [7, 11) is 4.75. The van der Waals surface area contributed by atoms with Gasteiger partial charge in [-0.2, -0.15) is 0 Å². The van der Waals surface area contributed by atoms with Gasteiger partial charge in [-0.05, 0) is 48.4 Å². The Morgan fingerprint density at radius 1 is 0.963 bits per heavy atom. The maximum atomic E-state index is 13.1. The molecule has 6 nitrogen and oxygen atoms in total. The third-order valence-corrected chi connectivity index (χ3v) is 4.82. The summed E-state index contributed by atoms with van der Waals surface area (Å²) in [6.45, 7) is 0.600. The molecule has 4 rings (SSSR count). The molecule has 2 aromatic carbocycles. The van der Waals surface area contributed by atoms with E-state index in [4.69, 9.17) is 19.2 Å². The number of carbonyl (C=O) groups is 1. The van der Waals surface area contributed by atoms with Crippen molar-refractivity contribution >= 4 is 22.6 Å². The summed E-state index contributed by atoms with van der Waals surface area (Å²) < 4.78 is 15.9. The van der Waals surface area contributed by atoms with Crippen LogP contribution in [0.1, 0.15) is 15.9 Å². The van der Waals surface area contributed by atoms with E-state index < -0.39 is 0 Å². The Morgan fingerprint density at radius 2 is 1.78 bits per heavy atom. The van der Waals surface area contributed by atoms with E-state index in [1.54, 1.807) is 44.4 Å². The molecule has 1 aliphatic heterocycles. The van der Waals surface area contributed by atoms with E-state index in [0.717, 1.165) is 28.6 Å². The molecular formula is C21H20N2O4. The molecule has 0 atom stereocenters. The lowest BCUT2D eigenvalue weighted by molar-refractivity contribution is 0.0988. The SMILES string of the molecule is COc1ccc2cc3c(nc2c1)N(C(=O)c1ccc(OC)c(OC)c1)CC3. The second kappa shape index (κ2) is 6.79. The second-order valence-corrected chi connectivity index (χ2v) is 6.31. The van der Waals surface area contributed by atoms with Crippen LogP contribution in [0.3, 0.4) is 0 Å². The topological polar surface area (TPSA) is 60.9 Å². The van der Waals surface area contributed by atoms with Crippen LogP contribution in [-0.4, -0.2) is 38.8 Å². The van der Waals surface area contributed by atoms with Crippen molar-refractivity contribution in [2.45, 2.75) is 6.42 Å². The summed E-state index contributed by atoms with van der Waals surface area (Å²) >= 11 is 0. The van der Waals surface area contributed by atoms with E-state index in [1.165, 1.54) is 0 Å². The number of ether oxygens (including phenoxy) is 3. The number of fused-ring (bicyclic) bond motifs is 2. The molecule has 0 radical (unpaired) electrons. The van der Waals surface area contributed by atoms with Gasteiger partial charge in [0.05, 0.1) is 26.8 Å². The molecule has 0 bridgehead atoms.